The summed E-state index contributed by atoms with van der Waals surface area (Å²) in [6, 6.07) is 11.6. The summed E-state index contributed by atoms with van der Waals surface area (Å²) >= 11 is 5.86. The van der Waals surface area contributed by atoms with Crippen LogP contribution >= 0.6 is 11.6 Å². The predicted octanol–water partition coefficient (Wildman–Crippen LogP) is 3.26. The number of nitrogens with two attached hydrogens (primary N) is 1. The first kappa shape index (κ1) is 21.2. The number of methoxy groups -OCH3 is 1. The van der Waals surface area contributed by atoms with Gasteiger partial charge in [-0.1, -0.05) is 23.7 Å². The number of Topliss-reactive ketones (excluding diaryl/α,β-unsaturated/α-hetero) is 1. The number of carbonyl (C=O) groups is 3. The van der Waals surface area contributed by atoms with Gasteiger partial charge in [0.1, 0.15) is 5.75 Å². The number of rotatable bonds is 8. The molecule has 2 atom stereocenters. The molecule has 0 aliphatic carbocycles. The Morgan fingerprint density at radius 1 is 1.07 bits per heavy atom. The van der Waals surface area contributed by atoms with E-state index in [2.05, 4.69) is 5.32 Å². The Kier molecular flexibility index (Phi) is 7.40. The number of nitrogens with one attached hydrogen (secondary N) is 1. The maximum Gasteiger partial charge on any atom is 0.312 e. The SMILES string of the molecule is COc1ccc(C(=O)[C@H](C)OC(=O)C[C@@H](NC(N)=O)c2ccc(Cl)cc2)cc1. The van der Waals surface area contributed by atoms with Crippen LogP contribution in [0.1, 0.15) is 35.3 Å². The first-order chi connectivity index (χ1) is 13.3. The summed E-state index contributed by atoms with van der Waals surface area (Å²) in [5.74, 6) is -0.380. The van der Waals surface area contributed by atoms with Gasteiger partial charge in [-0.05, 0) is 48.9 Å². The van der Waals surface area contributed by atoms with Gasteiger partial charge in [0.2, 0.25) is 5.78 Å². The lowest BCUT2D eigenvalue weighted by Crippen LogP contribution is -2.35. The van der Waals surface area contributed by atoms with Crippen molar-refractivity contribution in [1.82, 2.24) is 5.32 Å². The van der Waals surface area contributed by atoms with Gasteiger partial charge in [-0.25, -0.2) is 4.79 Å². The number of amides is 2. The summed E-state index contributed by atoms with van der Waals surface area (Å²) < 4.78 is 10.3. The fourth-order valence-corrected chi connectivity index (χ4v) is 2.70. The number of hydrogen-bond donors (Lipinski definition) is 2. The third-order valence-corrected chi connectivity index (χ3v) is 4.26. The number of carbonyl (C=O) groups excluding carboxylic acids is 3. The molecule has 0 spiro atoms. The monoisotopic (exact) mass is 404 g/mol. The third kappa shape index (κ3) is 5.99. The molecule has 0 aromatic heterocycles. The van der Waals surface area contributed by atoms with Crippen LogP contribution < -0.4 is 15.8 Å². The molecular formula is C20H21ClN2O5. The highest BCUT2D eigenvalue weighted by Gasteiger charge is 2.23. The fourth-order valence-electron chi connectivity index (χ4n) is 2.57. The molecule has 0 saturated carbocycles. The zero-order chi connectivity index (χ0) is 20.7. The maximum atomic E-state index is 12.4. The maximum absolute atomic E-state index is 12.4. The summed E-state index contributed by atoms with van der Waals surface area (Å²) in [4.78, 5) is 36.0. The van der Waals surface area contributed by atoms with Crippen LogP contribution in [0.4, 0.5) is 4.79 Å². The molecule has 2 rings (SSSR count). The van der Waals surface area contributed by atoms with Crippen LogP contribution in [0.2, 0.25) is 5.02 Å². The fraction of sp³-hybridized carbons (Fsp3) is 0.250. The summed E-state index contributed by atoms with van der Waals surface area (Å²) in [5.41, 5.74) is 6.22. The zero-order valence-corrected chi connectivity index (χ0v) is 16.2. The highest BCUT2D eigenvalue weighted by molar-refractivity contribution is 6.30. The first-order valence-corrected chi connectivity index (χ1v) is 8.87. The van der Waals surface area contributed by atoms with Gasteiger partial charge in [0, 0.05) is 10.6 Å². The minimum atomic E-state index is -0.986. The Hall–Kier alpha value is -3.06. The van der Waals surface area contributed by atoms with E-state index in [1.165, 1.54) is 14.0 Å². The van der Waals surface area contributed by atoms with E-state index in [4.69, 9.17) is 26.8 Å². The first-order valence-electron chi connectivity index (χ1n) is 8.49. The molecular weight excluding hydrogens is 384 g/mol. The molecule has 148 valence electrons. The van der Waals surface area contributed by atoms with Crippen LogP contribution in [0.5, 0.6) is 5.75 Å². The topological polar surface area (TPSA) is 108 Å². The average molecular weight is 405 g/mol. The molecule has 8 heteroatoms. The molecule has 2 aromatic carbocycles. The van der Waals surface area contributed by atoms with Crippen LogP contribution in [0.15, 0.2) is 48.5 Å². The van der Waals surface area contributed by atoms with Crippen molar-refractivity contribution in [2.75, 3.05) is 7.11 Å². The second-order valence-corrected chi connectivity index (χ2v) is 6.48. The molecule has 0 unspecified atom stereocenters. The summed E-state index contributed by atoms with van der Waals surface area (Å²) in [6.45, 7) is 1.49. The molecule has 0 aliphatic heterocycles. The van der Waals surface area contributed by atoms with E-state index in [0.29, 0.717) is 21.9 Å². The van der Waals surface area contributed by atoms with Gasteiger partial charge >= 0.3 is 12.0 Å². The molecule has 0 aliphatic rings. The largest absolute Gasteiger partial charge is 0.497 e. The van der Waals surface area contributed by atoms with E-state index in [-0.39, 0.29) is 12.2 Å². The lowest BCUT2D eigenvalue weighted by molar-refractivity contribution is -0.146. The molecule has 0 saturated heterocycles. The molecule has 2 amide bonds. The van der Waals surface area contributed by atoms with Crippen molar-refractivity contribution in [2.24, 2.45) is 5.73 Å². The van der Waals surface area contributed by atoms with Gasteiger partial charge < -0.3 is 20.5 Å². The van der Waals surface area contributed by atoms with E-state index < -0.39 is 24.1 Å². The van der Waals surface area contributed by atoms with E-state index in [1.54, 1.807) is 48.5 Å². The number of primary amides is 1. The Balaban J connectivity index is 2.02. The molecule has 0 bridgehead atoms. The van der Waals surface area contributed by atoms with Crippen LogP contribution in [0, 0.1) is 0 Å². The van der Waals surface area contributed by atoms with Crippen LogP contribution in [0.25, 0.3) is 0 Å². The normalized spacial score (nSPS) is 12.5. The Morgan fingerprint density at radius 2 is 1.68 bits per heavy atom. The van der Waals surface area contributed by atoms with E-state index in [0.717, 1.165) is 0 Å². The number of hydrogen-bond acceptors (Lipinski definition) is 5. The van der Waals surface area contributed by atoms with Gasteiger partial charge in [0.15, 0.2) is 6.10 Å². The highest BCUT2D eigenvalue weighted by Crippen LogP contribution is 2.21. The summed E-state index contributed by atoms with van der Waals surface area (Å²) in [5, 5.41) is 3.01. The molecule has 0 heterocycles. The Bertz CT molecular complexity index is 837. The van der Waals surface area contributed by atoms with Gasteiger partial charge in [0.25, 0.3) is 0 Å². The van der Waals surface area contributed by atoms with Gasteiger partial charge in [-0.2, -0.15) is 0 Å². The van der Waals surface area contributed by atoms with Gasteiger partial charge in [-0.15, -0.1) is 0 Å². The van der Waals surface area contributed by atoms with E-state index in [1.807, 2.05) is 0 Å². The predicted molar refractivity (Wildman–Crippen MR) is 104 cm³/mol. The minimum absolute atomic E-state index is 0.190. The average Bonchev–Trinajstić information content (AvgIpc) is 2.67. The third-order valence-electron chi connectivity index (χ3n) is 4.01. The molecule has 2 aromatic rings. The molecule has 28 heavy (non-hydrogen) atoms. The number of ether oxygens (including phenoxy) is 2. The Morgan fingerprint density at radius 3 is 2.21 bits per heavy atom. The van der Waals surface area contributed by atoms with E-state index >= 15 is 0 Å². The lowest BCUT2D eigenvalue weighted by atomic mass is 10.0. The Labute approximate surface area is 167 Å². The van der Waals surface area contributed by atoms with E-state index in [9.17, 15) is 14.4 Å². The van der Waals surface area contributed by atoms with Crippen molar-refractivity contribution in [2.45, 2.75) is 25.5 Å². The quantitative estimate of drug-likeness (QED) is 0.518. The van der Waals surface area contributed by atoms with Crippen molar-refractivity contribution in [3.63, 3.8) is 0 Å². The lowest BCUT2D eigenvalue weighted by Gasteiger charge is -2.19. The summed E-state index contributed by atoms with van der Waals surface area (Å²) in [7, 11) is 1.53. The number of halogens is 1. The molecule has 3 N–H and O–H groups in total. The second kappa shape index (κ2) is 9.75. The van der Waals surface area contributed by atoms with Crippen molar-refractivity contribution in [3.8, 4) is 5.75 Å². The smallest absolute Gasteiger partial charge is 0.312 e. The number of benzene rings is 2. The standard InChI is InChI=1S/C20H21ClN2O5/c1-12(19(25)14-5-9-16(27-2)10-6-14)28-18(24)11-17(23-20(22)26)13-3-7-15(21)8-4-13/h3-10,12,17H,11H2,1-2H3,(H3,22,23,26)/t12-,17+/m0/s1. The van der Waals surface area contributed by atoms with Crippen molar-refractivity contribution in [1.29, 1.82) is 0 Å². The minimum Gasteiger partial charge on any atom is -0.497 e. The van der Waals surface area contributed by atoms with Crippen molar-refractivity contribution >= 4 is 29.4 Å². The van der Waals surface area contributed by atoms with Crippen molar-refractivity contribution < 1.29 is 23.9 Å². The highest BCUT2D eigenvalue weighted by atomic mass is 35.5. The van der Waals surface area contributed by atoms with Crippen LogP contribution in [-0.4, -0.2) is 31.0 Å². The summed E-state index contributed by atoms with van der Waals surface area (Å²) in [6.07, 6.45) is -1.18. The molecule has 7 nitrogen and oxygen atoms in total. The van der Waals surface area contributed by atoms with Crippen molar-refractivity contribution in [3.05, 3.63) is 64.7 Å². The number of urea groups is 1. The molecule has 0 fully saturated rings. The van der Waals surface area contributed by atoms with Crippen LogP contribution in [0.3, 0.4) is 0 Å². The number of esters is 1. The molecule has 0 radical (unpaired) electrons. The zero-order valence-electron chi connectivity index (χ0n) is 15.5. The number of ketones is 1. The van der Waals surface area contributed by atoms with Crippen LogP contribution in [-0.2, 0) is 9.53 Å². The second-order valence-electron chi connectivity index (χ2n) is 6.04. The van der Waals surface area contributed by atoms with Gasteiger partial charge in [-0.3, -0.25) is 9.59 Å². The van der Waals surface area contributed by atoms with Gasteiger partial charge in [0.05, 0.1) is 19.6 Å².